The van der Waals surface area contributed by atoms with Crippen LogP contribution in [-0.4, -0.2) is 35.9 Å². The van der Waals surface area contributed by atoms with Crippen molar-refractivity contribution in [1.82, 2.24) is 24.7 Å². The van der Waals surface area contributed by atoms with E-state index in [2.05, 4.69) is 25.5 Å². The molecule has 1 aromatic carbocycles. The fraction of sp³-hybridized carbons (Fsp3) is 0.190. The number of benzene rings is 1. The second-order valence-corrected chi connectivity index (χ2v) is 9.13. The van der Waals surface area contributed by atoms with Crippen LogP contribution in [-0.2, 0) is 4.79 Å². The van der Waals surface area contributed by atoms with Gasteiger partial charge in [-0.3, -0.25) is 14.3 Å². The summed E-state index contributed by atoms with van der Waals surface area (Å²) < 4.78 is 1.96. The molecule has 4 aromatic rings. The van der Waals surface area contributed by atoms with Crippen molar-refractivity contribution in [2.75, 3.05) is 5.32 Å². The number of amides is 1. The predicted molar refractivity (Wildman–Crippen MR) is 120 cm³/mol. The third-order valence-electron chi connectivity index (χ3n) is 4.50. The Morgan fingerprint density at radius 2 is 1.83 bits per heavy atom. The Labute approximate surface area is 182 Å². The first-order valence-electron chi connectivity index (χ1n) is 9.35. The summed E-state index contributed by atoms with van der Waals surface area (Å²) in [7, 11) is 0. The lowest BCUT2D eigenvalue weighted by atomic mass is 10.2. The number of anilines is 1. The summed E-state index contributed by atoms with van der Waals surface area (Å²) in [6.45, 7) is 5.77. The van der Waals surface area contributed by atoms with Crippen LogP contribution in [0.2, 0.25) is 0 Å². The molecule has 4 rings (SSSR count). The number of pyridine rings is 1. The number of carbonyl (C=O) groups is 1. The number of carbonyl (C=O) groups excluding carboxylic acids is 1. The Bertz CT molecular complexity index is 1140. The molecular formula is C21H20N6OS2. The van der Waals surface area contributed by atoms with E-state index in [4.69, 9.17) is 0 Å². The van der Waals surface area contributed by atoms with Gasteiger partial charge >= 0.3 is 0 Å². The molecule has 0 saturated heterocycles. The highest BCUT2D eigenvalue weighted by Crippen LogP contribution is 2.30. The fourth-order valence-electron chi connectivity index (χ4n) is 2.79. The van der Waals surface area contributed by atoms with Crippen LogP contribution in [0.5, 0.6) is 0 Å². The number of thioether (sulfide) groups is 1. The van der Waals surface area contributed by atoms with Gasteiger partial charge in [-0.1, -0.05) is 30.0 Å². The minimum absolute atomic E-state index is 0.123. The van der Waals surface area contributed by atoms with Crippen molar-refractivity contribution in [2.45, 2.75) is 31.2 Å². The van der Waals surface area contributed by atoms with Crippen LogP contribution >= 0.6 is 23.1 Å². The summed E-state index contributed by atoms with van der Waals surface area (Å²) in [6, 6.07) is 13.6. The molecular weight excluding hydrogens is 416 g/mol. The zero-order valence-electron chi connectivity index (χ0n) is 16.7. The zero-order valence-corrected chi connectivity index (χ0v) is 18.4. The Hall–Kier alpha value is -3.04. The van der Waals surface area contributed by atoms with Gasteiger partial charge in [0.15, 0.2) is 16.1 Å². The Morgan fingerprint density at radius 3 is 2.50 bits per heavy atom. The molecule has 3 aromatic heterocycles. The van der Waals surface area contributed by atoms with Crippen molar-refractivity contribution in [1.29, 1.82) is 0 Å². The van der Waals surface area contributed by atoms with Crippen molar-refractivity contribution in [3.05, 3.63) is 65.4 Å². The molecule has 1 N–H and O–H groups in total. The first-order chi connectivity index (χ1) is 14.5. The molecule has 0 saturated carbocycles. The minimum atomic E-state index is -0.383. The number of aryl methyl sites for hydroxylation is 2. The minimum Gasteiger partial charge on any atom is -0.301 e. The van der Waals surface area contributed by atoms with E-state index >= 15 is 0 Å². The van der Waals surface area contributed by atoms with Crippen LogP contribution in [0.1, 0.15) is 17.5 Å². The summed E-state index contributed by atoms with van der Waals surface area (Å²) >= 11 is 2.83. The predicted octanol–water partition coefficient (Wildman–Crippen LogP) is 4.52. The van der Waals surface area contributed by atoms with Gasteiger partial charge in [-0.2, -0.15) is 0 Å². The van der Waals surface area contributed by atoms with E-state index < -0.39 is 0 Å². The standard InChI is InChI=1S/C21H20N6OS2/c1-13-14(2)29-20(23-13)24-19(28)15(3)30-21-26-25-18(16-9-11-22-12-10-16)27(21)17-7-5-4-6-8-17/h4-12,15H,1-3H3,(H,23,24,28). The van der Waals surface area contributed by atoms with Gasteiger partial charge in [0, 0.05) is 28.5 Å². The topological polar surface area (TPSA) is 85.6 Å². The van der Waals surface area contributed by atoms with Crippen LogP contribution in [0.15, 0.2) is 60.0 Å². The lowest BCUT2D eigenvalue weighted by Gasteiger charge is -2.13. The van der Waals surface area contributed by atoms with Crippen LogP contribution < -0.4 is 5.32 Å². The van der Waals surface area contributed by atoms with Crippen molar-refractivity contribution < 1.29 is 4.79 Å². The molecule has 3 heterocycles. The SMILES string of the molecule is Cc1nc(NC(=O)C(C)Sc2nnc(-c3ccncc3)n2-c2ccccc2)sc1C. The molecule has 1 atom stereocenters. The number of hydrogen-bond donors (Lipinski definition) is 1. The highest BCUT2D eigenvalue weighted by Gasteiger charge is 2.22. The molecule has 0 spiro atoms. The average molecular weight is 437 g/mol. The maximum absolute atomic E-state index is 12.7. The molecule has 30 heavy (non-hydrogen) atoms. The van der Waals surface area contributed by atoms with Crippen molar-refractivity contribution in [3.63, 3.8) is 0 Å². The molecule has 0 fully saturated rings. The maximum Gasteiger partial charge on any atom is 0.239 e. The highest BCUT2D eigenvalue weighted by atomic mass is 32.2. The lowest BCUT2D eigenvalue weighted by molar-refractivity contribution is -0.115. The van der Waals surface area contributed by atoms with E-state index in [-0.39, 0.29) is 11.2 Å². The van der Waals surface area contributed by atoms with Crippen LogP contribution in [0, 0.1) is 13.8 Å². The van der Waals surface area contributed by atoms with Crippen molar-refractivity contribution in [3.8, 4) is 17.1 Å². The van der Waals surface area contributed by atoms with E-state index in [0.29, 0.717) is 16.1 Å². The number of rotatable bonds is 6. The second kappa shape index (κ2) is 8.76. The van der Waals surface area contributed by atoms with Gasteiger partial charge in [-0.05, 0) is 45.0 Å². The number of hydrogen-bond acceptors (Lipinski definition) is 7. The van der Waals surface area contributed by atoms with Gasteiger partial charge in [0.05, 0.1) is 10.9 Å². The van der Waals surface area contributed by atoms with E-state index in [1.54, 1.807) is 12.4 Å². The molecule has 1 amide bonds. The van der Waals surface area contributed by atoms with Crippen molar-refractivity contribution in [2.24, 2.45) is 0 Å². The molecule has 0 aliphatic heterocycles. The molecule has 7 nitrogen and oxygen atoms in total. The van der Waals surface area contributed by atoms with Gasteiger partial charge in [-0.15, -0.1) is 21.5 Å². The van der Waals surface area contributed by atoms with Gasteiger partial charge in [0.1, 0.15) is 0 Å². The molecule has 152 valence electrons. The highest BCUT2D eigenvalue weighted by molar-refractivity contribution is 8.00. The zero-order chi connectivity index (χ0) is 21.1. The monoisotopic (exact) mass is 436 g/mol. The van der Waals surface area contributed by atoms with Crippen LogP contribution in [0.4, 0.5) is 5.13 Å². The van der Waals surface area contributed by atoms with Gasteiger partial charge < -0.3 is 5.32 Å². The molecule has 0 bridgehead atoms. The fourth-order valence-corrected chi connectivity index (χ4v) is 4.47. The number of nitrogens with zero attached hydrogens (tertiary/aromatic N) is 5. The molecule has 0 aliphatic carbocycles. The second-order valence-electron chi connectivity index (χ2n) is 6.62. The quantitative estimate of drug-likeness (QED) is 0.447. The summed E-state index contributed by atoms with van der Waals surface area (Å²) in [6.07, 6.45) is 3.44. The van der Waals surface area contributed by atoms with Crippen LogP contribution in [0.25, 0.3) is 17.1 Å². The smallest absolute Gasteiger partial charge is 0.239 e. The maximum atomic E-state index is 12.7. The summed E-state index contributed by atoms with van der Waals surface area (Å²) in [4.78, 5) is 22.3. The summed E-state index contributed by atoms with van der Waals surface area (Å²) in [5, 5.41) is 12.6. The van der Waals surface area contributed by atoms with E-state index in [9.17, 15) is 4.79 Å². The largest absolute Gasteiger partial charge is 0.301 e. The van der Waals surface area contributed by atoms with E-state index in [1.807, 2.05) is 67.8 Å². The Balaban J connectivity index is 1.62. The van der Waals surface area contributed by atoms with Gasteiger partial charge in [-0.25, -0.2) is 4.98 Å². The molecule has 0 aliphatic rings. The lowest BCUT2D eigenvalue weighted by Crippen LogP contribution is -2.22. The number of nitrogens with one attached hydrogen (secondary N) is 1. The van der Waals surface area contributed by atoms with Gasteiger partial charge in [0.2, 0.25) is 5.91 Å². The van der Waals surface area contributed by atoms with Crippen LogP contribution in [0.3, 0.4) is 0 Å². The number of para-hydroxylation sites is 1. The van der Waals surface area contributed by atoms with Crippen molar-refractivity contribution >= 4 is 34.1 Å². The van der Waals surface area contributed by atoms with E-state index in [1.165, 1.54) is 23.1 Å². The Kier molecular flexibility index (Phi) is 5.91. The number of aromatic nitrogens is 5. The normalized spacial score (nSPS) is 12.0. The molecule has 1 unspecified atom stereocenters. The third kappa shape index (κ3) is 4.27. The third-order valence-corrected chi connectivity index (χ3v) is 6.53. The molecule has 0 radical (unpaired) electrons. The van der Waals surface area contributed by atoms with E-state index in [0.717, 1.165) is 21.8 Å². The number of thiazole rings is 1. The first kappa shape index (κ1) is 20.2. The Morgan fingerprint density at radius 1 is 1.10 bits per heavy atom. The first-order valence-corrected chi connectivity index (χ1v) is 11.1. The summed E-state index contributed by atoms with van der Waals surface area (Å²) in [5.74, 6) is 0.576. The summed E-state index contributed by atoms with van der Waals surface area (Å²) in [5.41, 5.74) is 2.76. The average Bonchev–Trinajstić information content (AvgIpc) is 3.31. The van der Waals surface area contributed by atoms with Gasteiger partial charge in [0.25, 0.3) is 0 Å². The molecule has 9 heteroatoms.